The van der Waals surface area contributed by atoms with E-state index >= 15 is 0 Å². The Balaban J connectivity index is 2.17. The van der Waals surface area contributed by atoms with Crippen molar-refractivity contribution in [2.75, 3.05) is 20.2 Å². The molecule has 1 aromatic carbocycles. The molecule has 20 heavy (non-hydrogen) atoms. The summed E-state index contributed by atoms with van der Waals surface area (Å²) in [5, 5.41) is 0.797. The average molecular weight is 316 g/mol. The average Bonchev–Trinajstić information content (AvgIpc) is 2.79. The van der Waals surface area contributed by atoms with Crippen molar-refractivity contribution in [1.82, 2.24) is 4.90 Å². The van der Waals surface area contributed by atoms with E-state index in [4.69, 9.17) is 27.9 Å². The SMILES string of the molecule is COC(=O)C1CN(C(=O)c2ccc(Cl)cc2Cl)CC1C. The van der Waals surface area contributed by atoms with E-state index in [1.165, 1.54) is 13.2 Å². The highest BCUT2D eigenvalue weighted by molar-refractivity contribution is 6.36. The molecule has 1 aliphatic rings. The lowest BCUT2D eigenvalue weighted by atomic mass is 9.99. The first-order valence-corrected chi connectivity index (χ1v) is 7.01. The molecule has 1 aromatic rings. The molecule has 0 radical (unpaired) electrons. The van der Waals surface area contributed by atoms with Gasteiger partial charge in [-0.3, -0.25) is 9.59 Å². The lowest BCUT2D eigenvalue weighted by Crippen LogP contribution is -2.30. The molecule has 1 fully saturated rings. The third-order valence-electron chi connectivity index (χ3n) is 3.57. The van der Waals surface area contributed by atoms with Crippen LogP contribution in [0.5, 0.6) is 0 Å². The zero-order valence-corrected chi connectivity index (χ0v) is 12.7. The van der Waals surface area contributed by atoms with Crippen LogP contribution in [0.1, 0.15) is 17.3 Å². The molecular formula is C14H15Cl2NO3. The molecule has 0 aliphatic carbocycles. The minimum Gasteiger partial charge on any atom is -0.469 e. The Labute approximate surface area is 127 Å². The molecule has 6 heteroatoms. The summed E-state index contributed by atoms with van der Waals surface area (Å²) in [6.07, 6.45) is 0. The van der Waals surface area contributed by atoms with Crippen molar-refractivity contribution >= 4 is 35.1 Å². The molecule has 4 nitrogen and oxygen atoms in total. The van der Waals surface area contributed by atoms with Crippen LogP contribution in [-0.2, 0) is 9.53 Å². The Morgan fingerprint density at radius 2 is 2.00 bits per heavy atom. The lowest BCUT2D eigenvalue weighted by molar-refractivity contribution is -0.146. The summed E-state index contributed by atoms with van der Waals surface area (Å²) in [5.74, 6) is -0.688. The molecule has 1 amide bonds. The van der Waals surface area contributed by atoms with Gasteiger partial charge in [0.1, 0.15) is 0 Å². The highest BCUT2D eigenvalue weighted by atomic mass is 35.5. The number of likely N-dealkylation sites (tertiary alicyclic amines) is 1. The quantitative estimate of drug-likeness (QED) is 0.788. The second kappa shape index (κ2) is 6.02. The third kappa shape index (κ3) is 2.91. The molecule has 1 aliphatic heterocycles. The molecule has 1 saturated heterocycles. The third-order valence-corrected chi connectivity index (χ3v) is 4.11. The van der Waals surface area contributed by atoms with Crippen LogP contribution >= 0.6 is 23.2 Å². The zero-order chi connectivity index (χ0) is 14.9. The summed E-state index contributed by atoms with van der Waals surface area (Å²) in [6, 6.07) is 4.76. The molecule has 108 valence electrons. The lowest BCUT2D eigenvalue weighted by Gasteiger charge is -2.17. The van der Waals surface area contributed by atoms with E-state index in [2.05, 4.69) is 0 Å². The van der Waals surface area contributed by atoms with E-state index < -0.39 is 0 Å². The van der Waals surface area contributed by atoms with Crippen LogP contribution < -0.4 is 0 Å². The van der Waals surface area contributed by atoms with Crippen molar-refractivity contribution in [2.24, 2.45) is 11.8 Å². The van der Waals surface area contributed by atoms with Crippen molar-refractivity contribution in [3.8, 4) is 0 Å². The first kappa shape index (κ1) is 15.1. The van der Waals surface area contributed by atoms with Crippen molar-refractivity contribution in [1.29, 1.82) is 0 Å². The van der Waals surface area contributed by atoms with Gasteiger partial charge in [-0.1, -0.05) is 30.1 Å². The van der Waals surface area contributed by atoms with Crippen LogP contribution in [0.25, 0.3) is 0 Å². The monoisotopic (exact) mass is 315 g/mol. The van der Waals surface area contributed by atoms with Gasteiger partial charge in [0, 0.05) is 18.1 Å². The van der Waals surface area contributed by atoms with Crippen LogP contribution in [0.2, 0.25) is 10.0 Å². The van der Waals surface area contributed by atoms with Crippen LogP contribution in [0, 0.1) is 11.8 Å². The van der Waals surface area contributed by atoms with E-state index in [-0.39, 0.29) is 23.7 Å². The number of rotatable bonds is 2. The van der Waals surface area contributed by atoms with Gasteiger partial charge in [-0.05, 0) is 24.1 Å². The number of hydrogen-bond donors (Lipinski definition) is 0. The van der Waals surface area contributed by atoms with E-state index in [1.807, 2.05) is 6.92 Å². The molecule has 2 atom stereocenters. The number of hydrogen-bond acceptors (Lipinski definition) is 3. The number of carbonyl (C=O) groups excluding carboxylic acids is 2. The van der Waals surface area contributed by atoms with Gasteiger partial charge in [0.2, 0.25) is 0 Å². The summed E-state index contributed by atoms with van der Waals surface area (Å²) in [7, 11) is 1.36. The summed E-state index contributed by atoms with van der Waals surface area (Å²) in [4.78, 5) is 25.7. The maximum absolute atomic E-state index is 12.4. The standard InChI is InChI=1S/C14H15Cl2NO3/c1-8-6-17(7-11(8)14(19)20-2)13(18)10-4-3-9(15)5-12(10)16/h3-5,8,11H,6-7H2,1-2H3. The Morgan fingerprint density at radius 1 is 1.30 bits per heavy atom. The fourth-order valence-electron chi connectivity index (χ4n) is 2.42. The molecule has 0 bridgehead atoms. The number of amides is 1. The van der Waals surface area contributed by atoms with Crippen molar-refractivity contribution in [3.63, 3.8) is 0 Å². The number of esters is 1. The number of ether oxygens (including phenoxy) is 1. The Kier molecular flexibility index (Phi) is 4.55. The van der Waals surface area contributed by atoms with Gasteiger partial charge in [0.25, 0.3) is 5.91 Å². The fraction of sp³-hybridized carbons (Fsp3) is 0.429. The van der Waals surface area contributed by atoms with Gasteiger partial charge < -0.3 is 9.64 Å². The van der Waals surface area contributed by atoms with E-state index in [0.717, 1.165) is 0 Å². The van der Waals surface area contributed by atoms with E-state index in [1.54, 1.807) is 17.0 Å². The number of nitrogens with zero attached hydrogens (tertiary/aromatic N) is 1. The molecular weight excluding hydrogens is 301 g/mol. The van der Waals surface area contributed by atoms with E-state index in [0.29, 0.717) is 28.7 Å². The van der Waals surface area contributed by atoms with Gasteiger partial charge >= 0.3 is 5.97 Å². The van der Waals surface area contributed by atoms with Gasteiger partial charge in [-0.25, -0.2) is 0 Å². The molecule has 0 aromatic heterocycles. The molecule has 0 spiro atoms. The predicted molar refractivity (Wildman–Crippen MR) is 77.0 cm³/mol. The van der Waals surface area contributed by atoms with Crippen LogP contribution in [0.3, 0.4) is 0 Å². The second-order valence-corrected chi connectivity index (χ2v) is 5.78. The van der Waals surface area contributed by atoms with Crippen LogP contribution in [0.4, 0.5) is 0 Å². The first-order chi connectivity index (χ1) is 9.43. The molecule has 2 unspecified atom stereocenters. The predicted octanol–water partition coefficient (Wildman–Crippen LogP) is 2.87. The first-order valence-electron chi connectivity index (χ1n) is 6.26. The Morgan fingerprint density at radius 3 is 2.60 bits per heavy atom. The topological polar surface area (TPSA) is 46.6 Å². The molecule has 2 rings (SSSR count). The highest BCUT2D eigenvalue weighted by Gasteiger charge is 2.38. The van der Waals surface area contributed by atoms with E-state index in [9.17, 15) is 9.59 Å². The number of halogens is 2. The van der Waals surface area contributed by atoms with Crippen molar-refractivity contribution < 1.29 is 14.3 Å². The number of benzene rings is 1. The van der Waals surface area contributed by atoms with Gasteiger partial charge in [0.05, 0.1) is 23.6 Å². The molecule has 0 saturated carbocycles. The smallest absolute Gasteiger partial charge is 0.310 e. The molecule has 1 heterocycles. The van der Waals surface area contributed by atoms with Crippen molar-refractivity contribution in [2.45, 2.75) is 6.92 Å². The maximum Gasteiger partial charge on any atom is 0.310 e. The summed E-state index contributed by atoms with van der Waals surface area (Å²) < 4.78 is 4.76. The van der Waals surface area contributed by atoms with Gasteiger partial charge in [-0.15, -0.1) is 0 Å². The normalized spacial score (nSPS) is 21.9. The number of methoxy groups -OCH3 is 1. The van der Waals surface area contributed by atoms with Crippen LogP contribution in [-0.4, -0.2) is 37.0 Å². The number of carbonyl (C=O) groups is 2. The summed E-state index contributed by atoms with van der Waals surface area (Å²) >= 11 is 11.9. The summed E-state index contributed by atoms with van der Waals surface area (Å²) in [5.41, 5.74) is 0.397. The largest absolute Gasteiger partial charge is 0.469 e. The zero-order valence-electron chi connectivity index (χ0n) is 11.2. The van der Waals surface area contributed by atoms with Gasteiger partial charge in [0.15, 0.2) is 0 Å². The molecule has 0 N–H and O–H groups in total. The highest BCUT2D eigenvalue weighted by Crippen LogP contribution is 2.28. The van der Waals surface area contributed by atoms with Gasteiger partial charge in [-0.2, -0.15) is 0 Å². The van der Waals surface area contributed by atoms with Crippen molar-refractivity contribution in [3.05, 3.63) is 33.8 Å². The summed E-state index contributed by atoms with van der Waals surface area (Å²) in [6.45, 7) is 2.79. The minimum absolute atomic E-state index is 0.0671. The fourth-order valence-corrected chi connectivity index (χ4v) is 2.91. The minimum atomic E-state index is -0.282. The Bertz CT molecular complexity index is 547. The maximum atomic E-state index is 12.4. The second-order valence-electron chi connectivity index (χ2n) is 4.94. The van der Waals surface area contributed by atoms with Crippen LogP contribution in [0.15, 0.2) is 18.2 Å². The Hall–Kier alpha value is -1.26.